The molecule has 1 heterocycles. The van der Waals surface area contributed by atoms with Crippen LogP contribution >= 0.6 is 0 Å². The molecule has 0 aromatic carbocycles. The van der Waals surface area contributed by atoms with Gasteiger partial charge in [0.2, 0.25) is 0 Å². The van der Waals surface area contributed by atoms with Gasteiger partial charge in [-0.25, -0.2) is 0 Å². The Morgan fingerprint density at radius 3 is 2.70 bits per heavy atom. The van der Waals surface area contributed by atoms with Gasteiger partial charge in [-0.05, 0) is 31.7 Å². The number of rotatable bonds is 2. The Balaban J connectivity index is 2.13. The predicted molar refractivity (Wildman–Crippen MR) is 45.1 cm³/mol. The van der Waals surface area contributed by atoms with Crippen molar-refractivity contribution in [1.82, 2.24) is 5.32 Å². The van der Waals surface area contributed by atoms with Crippen LogP contribution in [0.1, 0.15) is 39.5 Å². The van der Waals surface area contributed by atoms with Gasteiger partial charge in [0.15, 0.2) is 0 Å². The average Bonchev–Trinajstić information content (AvgIpc) is 1.88. The minimum atomic E-state index is 0.828. The highest BCUT2D eigenvalue weighted by Crippen LogP contribution is 2.14. The van der Waals surface area contributed by atoms with Gasteiger partial charge in [0.25, 0.3) is 0 Å². The fourth-order valence-corrected chi connectivity index (χ4v) is 1.69. The molecule has 0 saturated carbocycles. The molecule has 0 aliphatic carbocycles. The summed E-state index contributed by atoms with van der Waals surface area (Å²) in [6, 6.07) is 0.828. The fraction of sp³-hybridized carbons (Fsp3) is 1.00. The van der Waals surface area contributed by atoms with Gasteiger partial charge in [-0.1, -0.05) is 20.3 Å². The lowest BCUT2D eigenvalue weighted by Gasteiger charge is -2.24. The summed E-state index contributed by atoms with van der Waals surface area (Å²) in [5.74, 6) is 0.857. The van der Waals surface area contributed by atoms with Crippen molar-refractivity contribution in [2.24, 2.45) is 5.92 Å². The van der Waals surface area contributed by atoms with E-state index in [4.69, 9.17) is 0 Å². The molecule has 0 aromatic rings. The molecule has 0 radical (unpaired) electrons. The molecule has 1 N–H and O–H groups in total. The molecule has 1 saturated heterocycles. The van der Waals surface area contributed by atoms with Gasteiger partial charge in [-0.2, -0.15) is 0 Å². The molecule has 10 heavy (non-hydrogen) atoms. The summed E-state index contributed by atoms with van der Waals surface area (Å²) in [5, 5.41) is 3.55. The average molecular weight is 141 g/mol. The summed E-state index contributed by atoms with van der Waals surface area (Å²) in [4.78, 5) is 0. The molecular weight excluding hydrogens is 122 g/mol. The Kier molecular flexibility index (Phi) is 3.20. The van der Waals surface area contributed by atoms with Crippen molar-refractivity contribution in [3.8, 4) is 0 Å². The number of nitrogens with one attached hydrogen (secondary N) is 1. The smallest absolute Gasteiger partial charge is 0.00695 e. The molecule has 1 nitrogen and oxygen atoms in total. The maximum atomic E-state index is 3.55. The van der Waals surface area contributed by atoms with E-state index in [9.17, 15) is 0 Å². The van der Waals surface area contributed by atoms with E-state index in [0.29, 0.717) is 0 Å². The van der Waals surface area contributed by atoms with Crippen molar-refractivity contribution in [3.63, 3.8) is 0 Å². The van der Waals surface area contributed by atoms with E-state index in [0.717, 1.165) is 12.0 Å². The van der Waals surface area contributed by atoms with Crippen LogP contribution < -0.4 is 5.32 Å². The second-order valence-corrected chi connectivity index (χ2v) is 3.78. The zero-order chi connectivity index (χ0) is 7.40. The zero-order valence-electron chi connectivity index (χ0n) is 7.19. The van der Waals surface area contributed by atoms with Crippen molar-refractivity contribution in [2.75, 3.05) is 6.54 Å². The van der Waals surface area contributed by atoms with Crippen LogP contribution in [0, 0.1) is 5.92 Å². The largest absolute Gasteiger partial charge is 0.314 e. The Hall–Kier alpha value is -0.0400. The number of piperidine rings is 1. The minimum absolute atomic E-state index is 0.828. The molecule has 60 valence electrons. The van der Waals surface area contributed by atoms with Gasteiger partial charge in [-0.3, -0.25) is 0 Å². The molecule has 0 bridgehead atoms. The molecular formula is C9H19N. The molecule has 0 spiro atoms. The number of hydrogen-bond acceptors (Lipinski definition) is 1. The van der Waals surface area contributed by atoms with Gasteiger partial charge in [0.05, 0.1) is 0 Å². The van der Waals surface area contributed by atoms with E-state index in [1.807, 2.05) is 0 Å². The molecule has 1 heteroatoms. The monoisotopic (exact) mass is 141 g/mol. The van der Waals surface area contributed by atoms with E-state index < -0.39 is 0 Å². The van der Waals surface area contributed by atoms with Crippen LogP contribution in [0.4, 0.5) is 0 Å². The third-order valence-electron chi connectivity index (χ3n) is 2.17. The van der Waals surface area contributed by atoms with Crippen LogP contribution in [0.5, 0.6) is 0 Å². The Labute approximate surface area is 64.2 Å². The van der Waals surface area contributed by atoms with Crippen LogP contribution in [-0.2, 0) is 0 Å². The summed E-state index contributed by atoms with van der Waals surface area (Å²) in [6.07, 6.45) is 5.58. The molecule has 1 unspecified atom stereocenters. The maximum Gasteiger partial charge on any atom is 0.00695 e. The fourth-order valence-electron chi connectivity index (χ4n) is 1.69. The van der Waals surface area contributed by atoms with Crippen molar-refractivity contribution in [1.29, 1.82) is 0 Å². The van der Waals surface area contributed by atoms with Gasteiger partial charge in [0.1, 0.15) is 0 Å². The third-order valence-corrected chi connectivity index (χ3v) is 2.17. The summed E-state index contributed by atoms with van der Waals surface area (Å²) in [6.45, 7) is 5.85. The van der Waals surface area contributed by atoms with Crippen LogP contribution in [0.3, 0.4) is 0 Å². The lowest BCUT2D eigenvalue weighted by Crippen LogP contribution is -2.34. The third kappa shape index (κ3) is 2.70. The Morgan fingerprint density at radius 2 is 2.20 bits per heavy atom. The van der Waals surface area contributed by atoms with E-state index >= 15 is 0 Å². The second-order valence-electron chi connectivity index (χ2n) is 3.78. The van der Waals surface area contributed by atoms with Crippen molar-refractivity contribution < 1.29 is 0 Å². The van der Waals surface area contributed by atoms with Crippen molar-refractivity contribution >= 4 is 0 Å². The highest BCUT2D eigenvalue weighted by atomic mass is 14.9. The normalized spacial score (nSPS) is 27.3. The molecule has 0 amide bonds. The van der Waals surface area contributed by atoms with E-state index in [1.165, 1.54) is 32.2 Å². The topological polar surface area (TPSA) is 12.0 Å². The van der Waals surface area contributed by atoms with Gasteiger partial charge < -0.3 is 5.32 Å². The highest BCUT2D eigenvalue weighted by Gasteiger charge is 2.12. The molecule has 1 fully saturated rings. The quantitative estimate of drug-likeness (QED) is 0.621. The standard InChI is InChI=1S/C9H19N/c1-8(2)7-9-5-3-4-6-10-9/h8-10H,3-7H2,1-2H3. The van der Waals surface area contributed by atoms with E-state index in [1.54, 1.807) is 0 Å². The second kappa shape index (κ2) is 3.97. The molecule has 1 aliphatic heterocycles. The molecule has 0 aromatic heterocycles. The van der Waals surface area contributed by atoms with E-state index in [2.05, 4.69) is 19.2 Å². The lowest BCUT2D eigenvalue weighted by atomic mass is 9.96. The van der Waals surface area contributed by atoms with Crippen LogP contribution in [0.2, 0.25) is 0 Å². The predicted octanol–water partition coefficient (Wildman–Crippen LogP) is 2.17. The Morgan fingerprint density at radius 1 is 1.40 bits per heavy atom. The Bertz CT molecular complexity index is 82.7. The number of hydrogen-bond donors (Lipinski definition) is 1. The van der Waals surface area contributed by atoms with Crippen LogP contribution in [0.25, 0.3) is 0 Å². The summed E-state index contributed by atoms with van der Waals surface area (Å²) in [7, 11) is 0. The van der Waals surface area contributed by atoms with Crippen molar-refractivity contribution in [2.45, 2.75) is 45.6 Å². The van der Waals surface area contributed by atoms with Crippen molar-refractivity contribution in [3.05, 3.63) is 0 Å². The highest BCUT2D eigenvalue weighted by molar-refractivity contribution is 4.72. The molecule has 1 rings (SSSR count). The minimum Gasteiger partial charge on any atom is -0.314 e. The first-order valence-corrected chi connectivity index (χ1v) is 4.52. The maximum absolute atomic E-state index is 3.55. The summed E-state index contributed by atoms with van der Waals surface area (Å²) >= 11 is 0. The molecule has 1 atom stereocenters. The SMILES string of the molecule is CC(C)CC1CCCCN1. The van der Waals surface area contributed by atoms with Gasteiger partial charge >= 0.3 is 0 Å². The first-order chi connectivity index (χ1) is 4.79. The molecule has 1 aliphatic rings. The van der Waals surface area contributed by atoms with E-state index in [-0.39, 0.29) is 0 Å². The lowest BCUT2D eigenvalue weighted by molar-refractivity contribution is 0.347. The van der Waals surface area contributed by atoms with Crippen LogP contribution in [0.15, 0.2) is 0 Å². The first-order valence-electron chi connectivity index (χ1n) is 4.52. The first kappa shape index (κ1) is 8.06. The van der Waals surface area contributed by atoms with Gasteiger partial charge in [-0.15, -0.1) is 0 Å². The summed E-state index contributed by atoms with van der Waals surface area (Å²) in [5.41, 5.74) is 0. The van der Waals surface area contributed by atoms with Crippen LogP contribution in [-0.4, -0.2) is 12.6 Å². The zero-order valence-corrected chi connectivity index (χ0v) is 7.19. The van der Waals surface area contributed by atoms with Gasteiger partial charge in [0, 0.05) is 6.04 Å². The summed E-state index contributed by atoms with van der Waals surface area (Å²) < 4.78 is 0.